The number of fused-ring (bicyclic) bond motifs is 1. The number of benzene rings is 1. The SMILES string of the molecule is Cn1c(=O)c2c(ncn2C)n(C)c1=O.O=C(O)c1cc(F)ccc1F. The summed E-state index contributed by atoms with van der Waals surface area (Å²) >= 11 is 0. The molecule has 1 aromatic carbocycles. The van der Waals surface area contributed by atoms with E-state index >= 15 is 0 Å². The number of halogens is 2. The van der Waals surface area contributed by atoms with Gasteiger partial charge in [-0.25, -0.2) is 23.4 Å². The molecule has 0 amide bonds. The average molecular weight is 352 g/mol. The van der Waals surface area contributed by atoms with Crippen LogP contribution in [0.2, 0.25) is 0 Å². The van der Waals surface area contributed by atoms with E-state index in [9.17, 15) is 23.2 Å². The minimum atomic E-state index is -1.47. The zero-order valence-corrected chi connectivity index (χ0v) is 13.5. The third-order valence-electron chi connectivity index (χ3n) is 3.48. The molecule has 0 atom stereocenters. The van der Waals surface area contributed by atoms with E-state index in [4.69, 9.17) is 5.11 Å². The second kappa shape index (κ2) is 6.67. The summed E-state index contributed by atoms with van der Waals surface area (Å²) in [4.78, 5) is 37.3. The smallest absolute Gasteiger partial charge is 0.338 e. The number of carboxylic acids is 1. The lowest BCUT2D eigenvalue weighted by molar-refractivity contribution is 0.0691. The monoisotopic (exact) mass is 352 g/mol. The van der Waals surface area contributed by atoms with Crippen molar-refractivity contribution in [1.82, 2.24) is 18.7 Å². The summed E-state index contributed by atoms with van der Waals surface area (Å²) in [6, 6.07) is 2.28. The standard InChI is InChI=1S/C8H10N4O2.C7H4F2O2/c1-10-4-9-6-5(10)7(13)12(3)8(14)11(6)2;8-4-1-2-6(9)5(3-4)7(10)11/h4H,1-3H3;1-3H,(H,10,11). The molecule has 2 aromatic heterocycles. The maximum atomic E-state index is 12.5. The first-order chi connectivity index (χ1) is 11.6. The lowest BCUT2D eigenvalue weighted by atomic mass is 10.2. The number of hydrogen-bond acceptors (Lipinski definition) is 4. The molecule has 10 heteroatoms. The van der Waals surface area contributed by atoms with Gasteiger partial charge in [-0.3, -0.25) is 13.9 Å². The van der Waals surface area contributed by atoms with Gasteiger partial charge in [-0.1, -0.05) is 0 Å². The molecule has 0 bridgehead atoms. The van der Waals surface area contributed by atoms with Crippen molar-refractivity contribution in [3.8, 4) is 0 Å². The average Bonchev–Trinajstić information content (AvgIpc) is 2.95. The third-order valence-corrected chi connectivity index (χ3v) is 3.48. The van der Waals surface area contributed by atoms with Gasteiger partial charge in [0.15, 0.2) is 11.2 Å². The second-order valence-electron chi connectivity index (χ2n) is 5.16. The summed E-state index contributed by atoms with van der Waals surface area (Å²) in [5, 5.41) is 8.28. The number of aromatic carboxylic acids is 1. The van der Waals surface area contributed by atoms with Gasteiger partial charge >= 0.3 is 11.7 Å². The molecule has 0 unspecified atom stereocenters. The summed E-state index contributed by atoms with van der Waals surface area (Å²) in [7, 11) is 4.77. The highest BCUT2D eigenvalue weighted by Gasteiger charge is 2.12. The number of aromatic nitrogens is 4. The summed E-state index contributed by atoms with van der Waals surface area (Å²) in [5.41, 5.74) is -0.468. The molecule has 132 valence electrons. The van der Waals surface area contributed by atoms with Crippen LogP contribution >= 0.6 is 0 Å². The highest BCUT2D eigenvalue weighted by Crippen LogP contribution is 2.08. The van der Waals surface area contributed by atoms with Crippen molar-refractivity contribution in [3.63, 3.8) is 0 Å². The number of aryl methyl sites for hydroxylation is 2. The highest BCUT2D eigenvalue weighted by atomic mass is 19.1. The minimum absolute atomic E-state index is 0.317. The lowest BCUT2D eigenvalue weighted by Crippen LogP contribution is -2.37. The Morgan fingerprint density at radius 2 is 1.76 bits per heavy atom. The molecule has 8 nitrogen and oxygen atoms in total. The predicted molar refractivity (Wildman–Crippen MR) is 84.5 cm³/mol. The summed E-state index contributed by atoms with van der Waals surface area (Å²) in [6.45, 7) is 0. The van der Waals surface area contributed by atoms with Gasteiger partial charge in [0.25, 0.3) is 5.56 Å². The maximum Gasteiger partial charge on any atom is 0.338 e. The number of carboxylic acid groups (broad SMARTS) is 1. The largest absolute Gasteiger partial charge is 0.478 e. The van der Waals surface area contributed by atoms with Crippen molar-refractivity contribution >= 4 is 17.1 Å². The summed E-state index contributed by atoms with van der Waals surface area (Å²) in [6.07, 6.45) is 1.52. The van der Waals surface area contributed by atoms with Crippen LogP contribution in [-0.2, 0) is 21.1 Å². The molecule has 3 rings (SSSR count). The number of rotatable bonds is 1. The number of hydrogen-bond donors (Lipinski definition) is 1. The van der Waals surface area contributed by atoms with Crippen molar-refractivity contribution in [2.45, 2.75) is 0 Å². The molecule has 2 heterocycles. The van der Waals surface area contributed by atoms with E-state index < -0.39 is 23.2 Å². The van der Waals surface area contributed by atoms with Crippen LogP contribution in [0.4, 0.5) is 8.78 Å². The zero-order chi connectivity index (χ0) is 18.9. The molecule has 0 saturated carbocycles. The van der Waals surface area contributed by atoms with Gasteiger partial charge in [-0.2, -0.15) is 0 Å². The second-order valence-corrected chi connectivity index (χ2v) is 5.16. The molecule has 0 aliphatic rings. The number of carbonyl (C=O) groups is 1. The van der Waals surface area contributed by atoms with E-state index in [2.05, 4.69) is 4.98 Å². The summed E-state index contributed by atoms with van der Waals surface area (Å²) < 4.78 is 28.8. The van der Waals surface area contributed by atoms with Crippen molar-refractivity contribution < 1.29 is 18.7 Å². The molecule has 0 aliphatic heterocycles. The van der Waals surface area contributed by atoms with Gasteiger partial charge < -0.3 is 9.67 Å². The van der Waals surface area contributed by atoms with E-state index in [0.29, 0.717) is 17.2 Å². The van der Waals surface area contributed by atoms with Crippen LogP contribution in [0, 0.1) is 11.6 Å². The Morgan fingerprint density at radius 1 is 1.12 bits per heavy atom. The zero-order valence-electron chi connectivity index (χ0n) is 13.5. The van der Waals surface area contributed by atoms with Crippen molar-refractivity contribution in [3.05, 3.63) is 62.6 Å². The topological polar surface area (TPSA) is 99.1 Å². The van der Waals surface area contributed by atoms with Gasteiger partial charge in [-0.05, 0) is 18.2 Å². The Labute approximate surface area is 139 Å². The van der Waals surface area contributed by atoms with Crippen LogP contribution < -0.4 is 11.2 Å². The summed E-state index contributed by atoms with van der Waals surface area (Å²) in [5.74, 6) is -3.16. The quantitative estimate of drug-likeness (QED) is 0.693. The van der Waals surface area contributed by atoms with E-state index in [1.807, 2.05) is 0 Å². The van der Waals surface area contributed by atoms with Crippen LogP contribution in [0.5, 0.6) is 0 Å². The Kier molecular flexibility index (Phi) is 4.82. The molecule has 0 aliphatic carbocycles. The molecular formula is C15H14F2N4O4. The lowest BCUT2D eigenvalue weighted by Gasteiger charge is -2.02. The first-order valence-electron chi connectivity index (χ1n) is 6.90. The van der Waals surface area contributed by atoms with Crippen LogP contribution in [0.3, 0.4) is 0 Å². The first kappa shape index (κ1) is 18.0. The van der Waals surface area contributed by atoms with Gasteiger partial charge in [0.2, 0.25) is 0 Å². The molecule has 0 saturated heterocycles. The molecule has 0 radical (unpaired) electrons. The van der Waals surface area contributed by atoms with E-state index in [-0.39, 0.29) is 11.2 Å². The maximum absolute atomic E-state index is 12.5. The van der Waals surface area contributed by atoms with Gasteiger partial charge in [0, 0.05) is 21.1 Å². The fourth-order valence-electron chi connectivity index (χ4n) is 2.13. The molecular weight excluding hydrogens is 338 g/mol. The normalized spacial score (nSPS) is 10.4. The van der Waals surface area contributed by atoms with E-state index in [1.54, 1.807) is 18.7 Å². The number of imidazole rings is 1. The molecule has 3 aromatic rings. The van der Waals surface area contributed by atoms with Crippen LogP contribution in [0.15, 0.2) is 34.1 Å². The minimum Gasteiger partial charge on any atom is -0.478 e. The fourth-order valence-corrected chi connectivity index (χ4v) is 2.13. The Bertz CT molecular complexity index is 1080. The van der Waals surface area contributed by atoms with Gasteiger partial charge in [0.1, 0.15) is 11.6 Å². The predicted octanol–water partition coefficient (Wildman–Crippen LogP) is 0.634. The Hall–Kier alpha value is -3.30. The highest BCUT2D eigenvalue weighted by molar-refractivity contribution is 5.87. The van der Waals surface area contributed by atoms with Crippen LogP contribution in [0.1, 0.15) is 10.4 Å². The van der Waals surface area contributed by atoms with E-state index in [0.717, 1.165) is 16.7 Å². The van der Waals surface area contributed by atoms with Gasteiger partial charge in [-0.15, -0.1) is 0 Å². The molecule has 0 fully saturated rings. The molecule has 0 spiro atoms. The van der Waals surface area contributed by atoms with Crippen molar-refractivity contribution in [2.75, 3.05) is 0 Å². The number of nitrogens with zero attached hydrogens (tertiary/aromatic N) is 4. The Balaban J connectivity index is 0.000000186. The third kappa shape index (κ3) is 3.32. The van der Waals surface area contributed by atoms with Crippen molar-refractivity contribution in [1.29, 1.82) is 0 Å². The van der Waals surface area contributed by atoms with E-state index in [1.165, 1.54) is 17.9 Å². The molecule has 1 N–H and O–H groups in total. The molecule has 25 heavy (non-hydrogen) atoms. The van der Waals surface area contributed by atoms with Gasteiger partial charge in [0.05, 0.1) is 11.9 Å². The first-order valence-corrected chi connectivity index (χ1v) is 6.90. The fraction of sp³-hybridized carbons (Fsp3) is 0.200. The Morgan fingerprint density at radius 3 is 2.32 bits per heavy atom. The van der Waals surface area contributed by atoms with Crippen LogP contribution in [0.25, 0.3) is 11.2 Å². The van der Waals surface area contributed by atoms with Crippen LogP contribution in [-0.4, -0.2) is 29.8 Å². The van der Waals surface area contributed by atoms with Crippen molar-refractivity contribution in [2.24, 2.45) is 21.1 Å².